The van der Waals surface area contributed by atoms with Crippen molar-refractivity contribution in [1.29, 1.82) is 0 Å². The van der Waals surface area contributed by atoms with Crippen LogP contribution < -0.4 is 0 Å². The highest BCUT2D eigenvalue weighted by molar-refractivity contribution is 6.17. The Kier molecular flexibility index (Phi) is 5.30. The van der Waals surface area contributed by atoms with Crippen LogP contribution in [0.15, 0.2) is 48.7 Å². The number of hydrogen-bond acceptors (Lipinski definition) is 5. The maximum absolute atomic E-state index is 13.3. The summed E-state index contributed by atoms with van der Waals surface area (Å²) >= 11 is 0. The van der Waals surface area contributed by atoms with Crippen molar-refractivity contribution in [1.82, 2.24) is 9.47 Å². The first kappa shape index (κ1) is 19.3. The largest absolute Gasteiger partial charge is 0.481 e. The van der Waals surface area contributed by atoms with Crippen molar-refractivity contribution < 1.29 is 29.0 Å². The van der Waals surface area contributed by atoms with E-state index in [4.69, 9.17) is 4.74 Å². The van der Waals surface area contributed by atoms with E-state index >= 15 is 0 Å². The number of carboxylic acids is 1. The zero-order chi connectivity index (χ0) is 20.3. The summed E-state index contributed by atoms with van der Waals surface area (Å²) in [5.41, 5.74) is -1.17. The SMILES string of the molecule is CCOC(=O)C1(CC(=O)O)C(=O)N(CCc2ccccc2)C(=O)c2cccn21. The van der Waals surface area contributed by atoms with E-state index in [0.717, 1.165) is 15.0 Å². The third kappa shape index (κ3) is 3.17. The Balaban J connectivity index is 2.04. The van der Waals surface area contributed by atoms with Crippen LogP contribution >= 0.6 is 0 Å². The minimum atomic E-state index is -2.15. The van der Waals surface area contributed by atoms with Gasteiger partial charge in [0.2, 0.25) is 5.54 Å². The molecule has 1 aromatic heterocycles. The second-order valence-electron chi connectivity index (χ2n) is 6.41. The summed E-state index contributed by atoms with van der Waals surface area (Å²) in [6.07, 6.45) is 0.923. The third-order valence-electron chi connectivity index (χ3n) is 4.71. The number of imide groups is 1. The highest BCUT2D eigenvalue weighted by Crippen LogP contribution is 2.33. The van der Waals surface area contributed by atoms with E-state index < -0.39 is 35.7 Å². The molecule has 0 fully saturated rings. The van der Waals surface area contributed by atoms with Crippen molar-refractivity contribution in [2.45, 2.75) is 25.3 Å². The average molecular weight is 384 g/mol. The summed E-state index contributed by atoms with van der Waals surface area (Å²) < 4.78 is 6.17. The van der Waals surface area contributed by atoms with Gasteiger partial charge in [-0.05, 0) is 31.0 Å². The molecule has 1 unspecified atom stereocenters. The van der Waals surface area contributed by atoms with Gasteiger partial charge in [0.15, 0.2) is 0 Å². The molecule has 1 aromatic carbocycles. The molecule has 1 atom stereocenters. The van der Waals surface area contributed by atoms with Crippen molar-refractivity contribution in [3.63, 3.8) is 0 Å². The summed E-state index contributed by atoms with van der Waals surface area (Å²) in [6, 6.07) is 12.2. The fourth-order valence-electron chi connectivity index (χ4n) is 3.42. The molecule has 2 amide bonds. The molecule has 0 radical (unpaired) electrons. The topological polar surface area (TPSA) is 106 Å². The third-order valence-corrected chi connectivity index (χ3v) is 4.71. The van der Waals surface area contributed by atoms with Crippen molar-refractivity contribution in [3.05, 3.63) is 59.9 Å². The number of esters is 1. The van der Waals surface area contributed by atoms with E-state index in [2.05, 4.69) is 0 Å². The van der Waals surface area contributed by atoms with Crippen LogP contribution in [-0.4, -0.2) is 51.5 Å². The highest BCUT2D eigenvalue weighted by atomic mass is 16.5. The summed E-state index contributed by atoms with van der Waals surface area (Å²) in [5, 5.41) is 9.41. The Bertz CT molecular complexity index is 920. The number of benzene rings is 1. The van der Waals surface area contributed by atoms with Gasteiger partial charge < -0.3 is 14.4 Å². The van der Waals surface area contributed by atoms with Crippen molar-refractivity contribution in [2.24, 2.45) is 0 Å². The molecule has 0 spiro atoms. The van der Waals surface area contributed by atoms with Crippen LogP contribution in [0.4, 0.5) is 0 Å². The Labute approximate surface area is 161 Å². The van der Waals surface area contributed by atoms with Crippen LogP contribution in [0.3, 0.4) is 0 Å². The fourth-order valence-corrected chi connectivity index (χ4v) is 3.42. The lowest BCUT2D eigenvalue weighted by molar-refractivity contribution is -0.168. The van der Waals surface area contributed by atoms with Gasteiger partial charge in [-0.1, -0.05) is 30.3 Å². The number of rotatable bonds is 7. The van der Waals surface area contributed by atoms with Crippen LogP contribution in [-0.2, 0) is 31.1 Å². The number of ether oxygens (including phenoxy) is 1. The van der Waals surface area contributed by atoms with Gasteiger partial charge in [-0.15, -0.1) is 0 Å². The lowest BCUT2D eigenvalue weighted by Crippen LogP contribution is -2.63. The fraction of sp³-hybridized carbons (Fsp3) is 0.300. The Morgan fingerprint density at radius 2 is 1.82 bits per heavy atom. The maximum atomic E-state index is 13.3. The van der Waals surface area contributed by atoms with Crippen LogP contribution in [0, 0.1) is 0 Å². The van der Waals surface area contributed by atoms with Gasteiger partial charge in [-0.25, -0.2) is 4.79 Å². The van der Waals surface area contributed by atoms with Gasteiger partial charge in [0, 0.05) is 12.7 Å². The van der Waals surface area contributed by atoms with Crippen LogP contribution in [0.25, 0.3) is 0 Å². The number of carboxylic acid groups (broad SMARTS) is 1. The lowest BCUT2D eigenvalue weighted by atomic mass is 9.89. The number of hydrogen-bond donors (Lipinski definition) is 1. The zero-order valence-corrected chi connectivity index (χ0v) is 15.3. The molecule has 146 valence electrons. The summed E-state index contributed by atoms with van der Waals surface area (Å²) in [5.74, 6) is -3.80. The first-order valence-corrected chi connectivity index (χ1v) is 8.89. The number of amides is 2. The molecule has 8 heteroatoms. The minimum Gasteiger partial charge on any atom is -0.481 e. The molecule has 28 heavy (non-hydrogen) atoms. The predicted octanol–water partition coefficient (Wildman–Crippen LogP) is 1.45. The van der Waals surface area contributed by atoms with Gasteiger partial charge in [-0.2, -0.15) is 0 Å². The molecular weight excluding hydrogens is 364 g/mol. The molecule has 2 heterocycles. The molecule has 1 N–H and O–H groups in total. The summed E-state index contributed by atoms with van der Waals surface area (Å²) in [7, 11) is 0. The zero-order valence-electron chi connectivity index (χ0n) is 15.3. The van der Waals surface area contributed by atoms with Crippen molar-refractivity contribution in [2.75, 3.05) is 13.2 Å². The molecule has 1 aliphatic rings. The monoisotopic (exact) mass is 384 g/mol. The first-order valence-electron chi connectivity index (χ1n) is 8.89. The summed E-state index contributed by atoms with van der Waals surface area (Å²) in [6.45, 7) is 1.56. The van der Waals surface area contributed by atoms with Gasteiger partial charge in [0.1, 0.15) is 5.69 Å². The smallest absolute Gasteiger partial charge is 0.342 e. The number of aliphatic carboxylic acids is 1. The lowest BCUT2D eigenvalue weighted by Gasteiger charge is -2.39. The van der Waals surface area contributed by atoms with E-state index in [1.165, 1.54) is 18.3 Å². The van der Waals surface area contributed by atoms with Crippen LogP contribution in [0.5, 0.6) is 0 Å². The second-order valence-corrected chi connectivity index (χ2v) is 6.41. The van der Waals surface area contributed by atoms with Gasteiger partial charge in [-0.3, -0.25) is 19.3 Å². The van der Waals surface area contributed by atoms with Gasteiger partial charge in [0.25, 0.3) is 11.8 Å². The Morgan fingerprint density at radius 1 is 1.11 bits per heavy atom. The molecular formula is C20H20N2O6. The van der Waals surface area contributed by atoms with E-state index in [0.29, 0.717) is 6.42 Å². The molecule has 0 saturated heterocycles. The first-order chi connectivity index (χ1) is 13.4. The highest BCUT2D eigenvalue weighted by Gasteiger charge is 2.58. The van der Waals surface area contributed by atoms with E-state index in [-0.39, 0.29) is 18.8 Å². The number of nitrogens with zero attached hydrogens (tertiary/aromatic N) is 2. The Morgan fingerprint density at radius 3 is 2.46 bits per heavy atom. The predicted molar refractivity (Wildman–Crippen MR) is 97.5 cm³/mol. The molecule has 1 aliphatic heterocycles. The maximum Gasteiger partial charge on any atom is 0.342 e. The minimum absolute atomic E-state index is 0.0215. The molecule has 0 bridgehead atoms. The van der Waals surface area contributed by atoms with Gasteiger partial charge in [0.05, 0.1) is 13.0 Å². The van der Waals surface area contributed by atoms with E-state index in [1.807, 2.05) is 30.3 Å². The number of carbonyl (C=O) groups is 4. The van der Waals surface area contributed by atoms with E-state index in [9.17, 15) is 24.3 Å². The van der Waals surface area contributed by atoms with Crippen LogP contribution in [0.1, 0.15) is 29.4 Å². The molecule has 0 saturated carbocycles. The van der Waals surface area contributed by atoms with E-state index in [1.54, 1.807) is 6.92 Å². The molecule has 0 aliphatic carbocycles. The number of fused-ring (bicyclic) bond motifs is 1. The average Bonchev–Trinajstić information content (AvgIpc) is 3.16. The Hall–Kier alpha value is -3.42. The molecule has 8 nitrogen and oxygen atoms in total. The number of aromatic nitrogens is 1. The van der Waals surface area contributed by atoms with Crippen molar-refractivity contribution >= 4 is 23.8 Å². The van der Waals surface area contributed by atoms with Crippen molar-refractivity contribution in [3.8, 4) is 0 Å². The normalized spacial score (nSPS) is 18.7. The molecule has 3 rings (SSSR count). The standard InChI is InChI=1S/C20H20N2O6/c1-2-28-19(27)20(13-16(23)24)18(26)21(12-10-14-7-4-3-5-8-14)17(25)15-9-6-11-22(15)20/h3-9,11H,2,10,12-13H2,1H3,(H,23,24). The number of carbonyl (C=O) groups excluding carboxylic acids is 3. The van der Waals surface area contributed by atoms with Gasteiger partial charge >= 0.3 is 11.9 Å². The quantitative estimate of drug-likeness (QED) is 0.440. The van der Waals surface area contributed by atoms with Crippen LogP contribution in [0.2, 0.25) is 0 Å². The second kappa shape index (κ2) is 7.67. The molecule has 2 aromatic rings. The summed E-state index contributed by atoms with van der Waals surface area (Å²) in [4.78, 5) is 51.4.